The van der Waals surface area contributed by atoms with Gasteiger partial charge in [-0.3, -0.25) is 9.52 Å². The number of hydrogen-bond acceptors (Lipinski definition) is 4. The Hall–Kier alpha value is -2.53. The van der Waals surface area contributed by atoms with E-state index < -0.39 is 38.8 Å². The molecule has 0 saturated heterocycles. The highest BCUT2D eigenvalue weighted by Crippen LogP contribution is 2.29. The maximum absolute atomic E-state index is 14.7. The van der Waals surface area contributed by atoms with Crippen LogP contribution in [0.25, 0.3) is 11.0 Å². The third kappa shape index (κ3) is 4.40. The highest BCUT2D eigenvalue weighted by molar-refractivity contribution is 9.10. The molecule has 3 N–H and O–H groups in total. The number of aryl methyl sites for hydroxylation is 1. The number of pyridine rings is 1. The molecule has 0 aliphatic heterocycles. The van der Waals surface area contributed by atoms with Gasteiger partial charge >= 0.3 is 0 Å². The predicted octanol–water partition coefficient (Wildman–Crippen LogP) is 4.32. The Morgan fingerprint density at radius 3 is 2.72 bits per heavy atom. The van der Waals surface area contributed by atoms with Crippen molar-refractivity contribution in [3.8, 4) is 0 Å². The van der Waals surface area contributed by atoms with Gasteiger partial charge < -0.3 is 10.3 Å². The summed E-state index contributed by atoms with van der Waals surface area (Å²) in [6, 6.07) is 3.36. The van der Waals surface area contributed by atoms with E-state index in [1.54, 1.807) is 13.0 Å². The summed E-state index contributed by atoms with van der Waals surface area (Å²) in [6.45, 7) is 3.48. The number of anilines is 2. The zero-order valence-electron chi connectivity index (χ0n) is 15.4. The van der Waals surface area contributed by atoms with Gasteiger partial charge in [-0.2, -0.15) is 0 Å². The van der Waals surface area contributed by atoms with Crippen LogP contribution in [0.4, 0.5) is 20.2 Å². The zero-order valence-corrected chi connectivity index (χ0v) is 17.8. The molecule has 1 amide bonds. The Labute approximate surface area is 174 Å². The average Bonchev–Trinajstić information content (AvgIpc) is 2.92. The molecule has 1 aromatic carbocycles. The van der Waals surface area contributed by atoms with Crippen molar-refractivity contribution in [2.75, 3.05) is 15.8 Å². The van der Waals surface area contributed by atoms with Crippen molar-refractivity contribution in [1.29, 1.82) is 0 Å². The molecule has 0 aliphatic rings. The van der Waals surface area contributed by atoms with Crippen molar-refractivity contribution in [1.82, 2.24) is 9.97 Å². The minimum absolute atomic E-state index is 0.220. The first-order valence-corrected chi connectivity index (χ1v) is 11.0. The number of carbonyl (C=O) groups is 1. The van der Waals surface area contributed by atoms with Crippen LogP contribution in [0.5, 0.6) is 0 Å². The number of benzene rings is 1. The van der Waals surface area contributed by atoms with E-state index in [-0.39, 0.29) is 11.4 Å². The van der Waals surface area contributed by atoms with Crippen LogP contribution in [-0.2, 0) is 10.0 Å². The monoisotopic (exact) mass is 486 g/mol. The van der Waals surface area contributed by atoms with Crippen LogP contribution in [0.3, 0.4) is 0 Å². The number of fused-ring (bicyclic) bond motifs is 1. The van der Waals surface area contributed by atoms with E-state index in [2.05, 4.69) is 31.2 Å². The second-order valence-corrected chi connectivity index (χ2v) is 8.98. The lowest BCUT2D eigenvalue weighted by atomic mass is 10.1. The minimum atomic E-state index is -3.81. The predicted molar refractivity (Wildman–Crippen MR) is 111 cm³/mol. The van der Waals surface area contributed by atoms with E-state index in [1.165, 1.54) is 6.20 Å². The van der Waals surface area contributed by atoms with E-state index >= 15 is 0 Å². The maximum atomic E-state index is 14.7. The van der Waals surface area contributed by atoms with Crippen LogP contribution in [0.15, 0.2) is 28.9 Å². The Morgan fingerprint density at radius 2 is 2.03 bits per heavy atom. The van der Waals surface area contributed by atoms with Gasteiger partial charge in [0.2, 0.25) is 10.0 Å². The van der Waals surface area contributed by atoms with Crippen molar-refractivity contribution >= 4 is 54.3 Å². The number of aromatic amines is 1. The smallest absolute Gasteiger partial charge is 0.261 e. The Kier molecular flexibility index (Phi) is 5.90. The number of aromatic nitrogens is 2. The number of hydrogen-bond donors (Lipinski definition) is 3. The van der Waals surface area contributed by atoms with Crippen molar-refractivity contribution in [3.05, 3.63) is 51.8 Å². The second-order valence-electron chi connectivity index (χ2n) is 6.34. The fraction of sp³-hybridized carbons (Fsp3) is 0.222. The van der Waals surface area contributed by atoms with Crippen molar-refractivity contribution in [2.24, 2.45) is 0 Å². The van der Waals surface area contributed by atoms with Gasteiger partial charge in [0.25, 0.3) is 5.91 Å². The van der Waals surface area contributed by atoms with Crippen LogP contribution in [-0.4, -0.2) is 30.0 Å². The first-order chi connectivity index (χ1) is 13.6. The largest absolute Gasteiger partial charge is 0.342 e. The summed E-state index contributed by atoms with van der Waals surface area (Å²) in [4.78, 5) is 19.7. The van der Waals surface area contributed by atoms with Crippen molar-refractivity contribution in [3.63, 3.8) is 0 Å². The summed E-state index contributed by atoms with van der Waals surface area (Å²) in [5.74, 6) is -3.72. The summed E-state index contributed by atoms with van der Waals surface area (Å²) >= 11 is 3.40. The number of amides is 1. The number of sulfonamides is 1. The maximum Gasteiger partial charge on any atom is 0.261 e. The van der Waals surface area contributed by atoms with Crippen LogP contribution < -0.4 is 10.0 Å². The van der Waals surface area contributed by atoms with Gasteiger partial charge in [0.05, 0.1) is 23.3 Å². The Bertz CT molecular complexity index is 1210. The lowest BCUT2D eigenvalue weighted by Gasteiger charge is -2.12. The number of halogens is 3. The van der Waals surface area contributed by atoms with Gasteiger partial charge in [0.1, 0.15) is 17.0 Å². The molecule has 3 rings (SSSR count). The molecule has 0 spiro atoms. The quantitative estimate of drug-likeness (QED) is 0.482. The molecule has 29 heavy (non-hydrogen) atoms. The molecule has 0 aliphatic carbocycles. The molecule has 0 unspecified atom stereocenters. The summed E-state index contributed by atoms with van der Waals surface area (Å²) in [5, 5.41) is 3.07. The molecular formula is C18H17BrF2N4O3S. The fourth-order valence-corrected chi connectivity index (χ4v) is 4.29. The van der Waals surface area contributed by atoms with Gasteiger partial charge in [-0.15, -0.1) is 0 Å². The van der Waals surface area contributed by atoms with Crippen molar-refractivity contribution in [2.45, 2.75) is 20.3 Å². The van der Waals surface area contributed by atoms with Gasteiger partial charge in [0, 0.05) is 15.6 Å². The zero-order chi connectivity index (χ0) is 21.3. The Balaban J connectivity index is 1.93. The normalized spacial score (nSPS) is 11.6. The molecule has 0 bridgehead atoms. The van der Waals surface area contributed by atoms with Gasteiger partial charge in [-0.05, 0) is 47.5 Å². The third-order valence-electron chi connectivity index (χ3n) is 4.07. The number of nitrogens with zero attached hydrogens (tertiary/aromatic N) is 1. The molecule has 2 heterocycles. The second kappa shape index (κ2) is 8.07. The van der Waals surface area contributed by atoms with Crippen LogP contribution in [0.2, 0.25) is 0 Å². The number of nitrogens with one attached hydrogen (secondary N) is 3. The van der Waals surface area contributed by atoms with Gasteiger partial charge in [0.15, 0.2) is 5.82 Å². The molecule has 0 atom stereocenters. The SMILES string of the molecule is CCCS(=O)(=O)Nc1ccc(F)c(C(=O)Nc2cnc3[nH]c(C)c(Br)c3c2)c1F. The molecule has 0 fully saturated rings. The topological polar surface area (TPSA) is 104 Å². The van der Waals surface area contributed by atoms with Crippen LogP contribution >= 0.6 is 15.9 Å². The molecule has 0 saturated carbocycles. The van der Waals surface area contributed by atoms with Gasteiger partial charge in [-0.1, -0.05) is 6.92 Å². The van der Waals surface area contributed by atoms with Crippen molar-refractivity contribution < 1.29 is 22.0 Å². The first kappa shape index (κ1) is 21.2. The van der Waals surface area contributed by atoms with E-state index in [9.17, 15) is 22.0 Å². The van der Waals surface area contributed by atoms with Gasteiger partial charge in [-0.25, -0.2) is 22.2 Å². The third-order valence-corrected chi connectivity index (χ3v) is 6.57. The molecule has 11 heteroatoms. The summed E-state index contributed by atoms with van der Waals surface area (Å²) < 4.78 is 55.4. The standard InChI is InChI=1S/C18H17BrF2N4O3S/c1-3-6-29(27,28)25-13-5-4-12(20)14(16(13)21)18(26)24-10-7-11-15(19)9(2)23-17(11)22-8-10/h4-5,7-8,25H,3,6H2,1-2H3,(H,22,23)(H,24,26). The molecular weight excluding hydrogens is 470 g/mol. The van der Waals surface area contributed by atoms with E-state index in [4.69, 9.17) is 0 Å². The molecule has 154 valence electrons. The van der Waals surface area contributed by atoms with E-state index in [0.717, 1.165) is 22.3 Å². The highest BCUT2D eigenvalue weighted by atomic mass is 79.9. The lowest BCUT2D eigenvalue weighted by Crippen LogP contribution is -2.20. The Morgan fingerprint density at radius 1 is 1.31 bits per heavy atom. The van der Waals surface area contributed by atoms with E-state index in [0.29, 0.717) is 17.5 Å². The molecule has 3 aromatic rings. The fourth-order valence-electron chi connectivity index (χ4n) is 2.75. The number of carbonyl (C=O) groups excluding carboxylic acids is 1. The minimum Gasteiger partial charge on any atom is -0.342 e. The summed E-state index contributed by atoms with van der Waals surface area (Å²) in [7, 11) is -3.81. The van der Waals surface area contributed by atoms with Crippen LogP contribution in [0, 0.1) is 18.6 Å². The molecule has 7 nitrogen and oxygen atoms in total. The summed E-state index contributed by atoms with van der Waals surface area (Å²) in [6.07, 6.45) is 1.65. The average molecular weight is 487 g/mol. The molecule has 0 radical (unpaired) electrons. The first-order valence-electron chi connectivity index (χ1n) is 8.56. The van der Waals surface area contributed by atoms with E-state index in [1.807, 2.05) is 11.6 Å². The molecule has 2 aromatic heterocycles. The number of rotatable bonds is 6. The lowest BCUT2D eigenvalue weighted by molar-refractivity contribution is 0.101. The summed E-state index contributed by atoms with van der Waals surface area (Å²) in [5.41, 5.74) is 0.240. The number of H-pyrrole nitrogens is 1. The highest BCUT2D eigenvalue weighted by Gasteiger charge is 2.23. The van der Waals surface area contributed by atoms with Crippen LogP contribution in [0.1, 0.15) is 29.4 Å².